The molecule has 0 fully saturated rings. The van der Waals surface area contributed by atoms with Crippen LogP contribution < -0.4 is 4.74 Å². The van der Waals surface area contributed by atoms with Gasteiger partial charge in [0.2, 0.25) is 0 Å². The lowest BCUT2D eigenvalue weighted by molar-refractivity contribution is -0.177. The summed E-state index contributed by atoms with van der Waals surface area (Å²) in [5.41, 5.74) is 0.536. The first-order valence-electron chi connectivity index (χ1n) is 9.43. The molecule has 170 valence electrons. The van der Waals surface area contributed by atoms with E-state index in [1.54, 1.807) is 13.8 Å². The molecule has 0 aliphatic carbocycles. The van der Waals surface area contributed by atoms with Crippen LogP contribution in [0.4, 0.5) is 0 Å². The molecule has 0 saturated heterocycles. The number of hydrogen-bond acceptors (Lipinski definition) is 8. The molecule has 2 unspecified atom stereocenters. The molecular weight excluding hydrogens is 451 g/mol. The van der Waals surface area contributed by atoms with Crippen LogP contribution in [0.5, 0.6) is 5.75 Å². The average Bonchev–Trinajstić information content (AvgIpc) is 2.73. The number of benzene rings is 1. The van der Waals surface area contributed by atoms with Gasteiger partial charge in [0.25, 0.3) is 0 Å². The van der Waals surface area contributed by atoms with Gasteiger partial charge in [0.1, 0.15) is 10.8 Å². The Morgan fingerprint density at radius 2 is 1.58 bits per heavy atom. The maximum atomic E-state index is 12.2. The second-order valence-electron chi connectivity index (χ2n) is 6.28. The molecule has 0 bridgehead atoms. The largest absolute Gasteiger partial charge is 0.480 e. The first-order valence-corrected chi connectivity index (χ1v) is 10.2. The minimum atomic E-state index is -1.29. The molecule has 2 atom stereocenters. The van der Waals surface area contributed by atoms with Crippen molar-refractivity contribution in [1.29, 1.82) is 0 Å². The van der Waals surface area contributed by atoms with E-state index in [9.17, 15) is 19.2 Å². The van der Waals surface area contributed by atoms with Crippen LogP contribution in [-0.4, -0.2) is 49.1 Å². The summed E-state index contributed by atoms with van der Waals surface area (Å²) in [6.45, 7) is 9.24. The monoisotopic (exact) mass is 474 g/mol. The molecule has 0 saturated carbocycles. The van der Waals surface area contributed by atoms with E-state index in [1.165, 1.54) is 26.0 Å². The number of esters is 3. The normalized spacial score (nSPS) is 12.3. The standard InChI is InChI=1S/C21H24Cl2O8/c1-6-11(3)19(25)14-8-9-15(18(23)17(14)22)29-10-16(24)30-13(5)21(27)31-12(4)20(26)28-7-2/h8-9,12-13H,3,6-7,10H2,1-2,4-5H3. The number of ketones is 1. The van der Waals surface area contributed by atoms with Gasteiger partial charge >= 0.3 is 17.9 Å². The first kappa shape index (κ1) is 26.5. The van der Waals surface area contributed by atoms with Crippen molar-refractivity contribution in [3.05, 3.63) is 39.9 Å². The van der Waals surface area contributed by atoms with E-state index in [0.29, 0.717) is 12.0 Å². The van der Waals surface area contributed by atoms with Crippen LogP contribution in [0.2, 0.25) is 10.0 Å². The Kier molecular flexibility index (Phi) is 10.5. The van der Waals surface area contributed by atoms with Crippen molar-refractivity contribution in [2.45, 2.75) is 46.3 Å². The van der Waals surface area contributed by atoms with E-state index in [2.05, 4.69) is 6.58 Å². The second-order valence-corrected chi connectivity index (χ2v) is 7.03. The van der Waals surface area contributed by atoms with E-state index < -0.39 is 36.7 Å². The molecule has 0 radical (unpaired) electrons. The topological polar surface area (TPSA) is 105 Å². The Morgan fingerprint density at radius 1 is 0.968 bits per heavy atom. The smallest absolute Gasteiger partial charge is 0.347 e. The number of hydrogen-bond donors (Lipinski definition) is 0. The highest BCUT2D eigenvalue weighted by Gasteiger charge is 2.26. The maximum Gasteiger partial charge on any atom is 0.347 e. The van der Waals surface area contributed by atoms with E-state index in [1.807, 2.05) is 0 Å². The molecule has 0 heterocycles. The van der Waals surface area contributed by atoms with Crippen LogP contribution in [0.15, 0.2) is 24.3 Å². The summed E-state index contributed by atoms with van der Waals surface area (Å²) in [6.07, 6.45) is -1.97. The third-order valence-electron chi connectivity index (χ3n) is 3.94. The lowest BCUT2D eigenvalue weighted by Crippen LogP contribution is -2.34. The highest BCUT2D eigenvalue weighted by molar-refractivity contribution is 6.45. The molecule has 8 nitrogen and oxygen atoms in total. The van der Waals surface area contributed by atoms with Crippen LogP contribution in [0, 0.1) is 0 Å². The SMILES string of the molecule is C=C(CC)C(=O)c1ccc(OCC(=O)OC(C)C(=O)OC(C)C(=O)OCC)c(Cl)c1Cl. The fraction of sp³-hybridized carbons (Fsp3) is 0.429. The highest BCUT2D eigenvalue weighted by atomic mass is 35.5. The van der Waals surface area contributed by atoms with Crippen LogP contribution in [0.25, 0.3) is 0 Å². The second kappa shape index (κ2) is 12.3. The Labute approximate surface area is 190 Å². The summed E-state index contributed by atoms with van der Waals surface area (Å²) in [5, 5.41) is -0.0861. The number of allylic oxidation sites excluding steroid dienone is 1. The van der Waals surface area contributed by atoms with Gasteiger partial charge in [-0.2, -0.15) is 0 Å². The molecule has 0 amide bonds. The summed E-state index contributed by atoms with van der Waals surface area (Å²) in [5.74, 6) is -2.82. The third kappa shape index (κ3) is 7.56. The molecular formula is C21H24Cl2O8. The Hall–Kier alpha value is -2.58. The van der Waals surface area contributed by atoms with Gasteiger partial charge < -0.3 is 18.9 Å². The zero-order valence-corrected chi connectivity index (χ0v) is 19.2. The number of halogens is 2. The summed E-state index contributed by atoms with van der Waals surface area (Å²) in [6, 6.07) is 2.80. The summed E-state index contributed by atoms with van der Waals surface area (Å²) in [7, 11) is 0. The number of carbonyl (C=O) groups is 4. The number of carbonyl (C=O) groups excluding carboxylic acids is 4. The van der Waals surface area contributed by atoms with Crippen molar-refractivity contribution in [2.75, 3.05) is 13.2 Å². The molecule has 10 heteroatoms. The highest BCUT2D eigenvalue weighted by Crippen LogP contribution is 2.35. The lowest BCUT2D eigenvalue weighted by atomic mass is 10.0. The van der Waals surface area contributed by atoms with Gasteiger partial charge in [0.05, 0.1) is 11.6 Å². The van der Waals surface area contributed by atoms with Crippen molar-refractivity contribution in [3.63, 3.8) is 0 Å². The van der Waals surface area contributed by atoms with Crippen LogP contribution >= 0.6 is 23.2 Å². The zero-order chi connectivity index (χ0) is 23.7. The number of rotatable bonds is 11. The minimum absolute atomic E-state index is 0.0305. The van der Waals surface area contributed by atoms with E-state index in [-0.39, 0.29) is 33.7 Å². The first-order chi connectivity index (χ1) is 14.5. The van der Waals surface area contributed by atoms with Gasteiger partial charge in [-0.05, 0) is 44.9 Å². The van der Waals surface area contributed by atoms with Crippen molar-refractivity contribution in [1.82, 2.24) is 0 Å². The van der Waals surface area contributed by atoms with Crippen LogP contribution in [0.3, 0.4) is 0 Å². The molecule has 0 aliphatic heterocycles. The predicted octanol–water partition coefficient (Wildman–Crippen LogP) is 3.95. The fourth-order valence-corrected chi connectivity index (χ4v) is 2.62. The van der Waals surface area contributed by atoms with Gasteiger partial charge in [-0.25, -0.2) is 14.4 Å². The minimum Gasteiger partial charge on any atom is -0.480 e. The molecule has 0 aromatic heterocycles. The van der Waals surface area contributed by atoms with Gasteiger partial charge in [-0.1, -0.05) is 36.7 Å². The van der Waals surface area contributed by atoms with Gasteiger partial charge in [-0.3, -0.25) is 4.79 Å². The Morgan fingerprint density at radius 3 is 2.16 bits per heavy atom. The van der Waals surface area contributed by atoms with Gasteiger partial charge in [-0.15, -0.1) is 0 Å². The number of ether oxygens (including phenoxy) is 4. The molecule has 0 spiro atoms. The van der Waals surface area contributed by atoms with Crippen molar-refractivity contribution < 1.29 is 38.1 Å². The molecule has 1 aromatic rings. The van der Waals surface area contributed by atoms with E-state index >= 15 is 0 Å². The van der Waals surface area contributed by atoms with Crippen LogP contribution in [-0.2, 0) is 28.6 Å². The molecule has 1 rings (SSSR count). The fourth-order valence-electron chi connectivity index (χ4n) is 2.16. The lowest BCUT2D eigenvalue weighted by Gasteiger charge is -2.16. The van der Waals surface area contributed by atoms with Gasteiger partial charge in [0, 0.05) is 5.56 Å². The number of Topliss-reactive ketones (excluding diaryl/α,β-unsaturated/α-hetero) is 1. The molecule has 31 heavy (non-hydrogen) atoms. The van der Waals surface area contributed by atoms with Crippen LogP contribution in [0.1, 0.15) is 44.5 Å². The molecule has 0 aliphatic rings. The summed E-state index contributed by atoms with van der Waals surface area (Å²) in [4.78, 5) is 47.6. The van der Waals surface area contributed by atoms with E-state index in [0.717, 1.165) is 0 Å². The molecule has 1 aromatic carbocycles. The Bertz CT molecular complexity index is 865. The van der Waals surface area contributed by atoms with Crippen molar-refractivity contribution in [2.24, 2.45) is 0 Å². The third-order valence-corrected chi connectivity index (χ3v) is 4.80. The van der Waals surface area contributed by atoms with Crippen molar-refractivity contribution in [3.8, 4) is 5.75 Å². The zero-order valence-electron chi connectivity index (χ0n) is 17.7. The molecule has 0 N–H and O–H groups in total. The Balaban J connectivity index is 2.67. The maximum absolute atomic E-state index is 12.2. The predicted molar refractivity (Wildman–Crippen MR) is 113 cm³/mol. The average molecular weight is 475 g/mol. The summed E-state index contributed by atoms with van der Waals surface area (Å²) < 4.78 is 19.8. The van der Waals surface area contributed by atoms with E-state index in [4.69, 9.17) is 42.1 Å². The van der Waals surface area contributed by atoms with Crippen molar-refractivity contribution >= 4 is 46.9 Å². The van der Waals surface area contributed by atoms with Gasteiger partial charge in [0.15, 0.2) is 24.6 Å². The summed E-state index contributed by atoms with van der Waals surface area (Å²) >= 11 is 12.3. The quantitative estimate of drug-likeness (QED) is 0.205.